The Morgan fingerprint density at radius 2 is 2.00 bits per heavy atom. The van der Waals surface area contributed by atoms with Crippen molar-refractivity contribution in [1.29, 1.82) is 0 Å². The first-order chi connectivity index (χ1) is 10.8. The van der Waals surface area contributed by atoms with Crippen molar-refractivity contribution in [3.63, 3.8) is 0 Å². The van der Waals surface area contributed by atoms with Crippen molar-refractivity contribution in [3.8, 4) is 5.75 Å². The average molecular weight is 293 g/mol. The van der Waals surface area contributed by atoms with E-state index in [9.17, 15) is 4.79 Å². The van der Waals surface area contributed by atoms with Crippen molar-refractivity contribution in [1.82, 2.24) is 5.32 Å². The van der Waals surface area contributed by atoms with E-state index in [1.165, 1.54) is 11.1 Å². The highest BCUT2D eigenvalue weighted by Crippen LogP contribution is 2.30. The Kier molecular flexibility index (Phi) is 4.24. The molecule has 22 heavy (non-hydrogen) atoms. The van der Waals surface area contributed by atoms with Gasteiger partial charge in [-0.05, 0) is 48.2 Å². The molecule has 1 atom stereocenters. The number of benzene rings is 2. The van der Waals surface area contributed by atoms with Crippen LogP contribution in [0.25, 0.3) is 0 Å². The molecule has 2 aromatic carbocycles. The highest BCUT2D eigenvalue weighted by atomic mass is 16.5. The van der Waals surface area contributed by atoms with Gasteiger partial charge in [0.15, 0.2) is 0 Å². The smallest absolute Gasteiger partial charge is 0.251 e. The van der Waals surface area contributed by atoms with Crippen molar-refractivity contribution < 1.29 is 9.53 Å². The first-order valence-electron chi connectivity index (χ1n) is 7.50. The molecular formula is C19H19NO2. The summed E-state index contributed by atoms with van der Waals surface area (Å²) >= 11 is 0. The summed E-state index contributed by atoms with van der Waals surface area (Å²) in [5.74, 6) is 0.694. The maximum absolute atomic E-state index is 12.4. The van der Waals surface area contributed by atoms with Gasteiger partial charge in [0.05, 0.1) is 6.04 Å². The van der Waals surface area contributed by atoms with Crippen LogP contribution in [-0.2, 0) is 6.42 Å². The van der Waals surface area contributed by atoms with Gasteiger partial charge in [0, 0.05) is 5.56 Å². The van der Waals surface area contributed by atoms with E-state index in [4.69, 9.17) is 4.74 Å². The molecule has 0 heterocycles. The fraction of sp³-hybridized carbons (Fsp3) is 0.211. The number of fused-ring (bicyclic) bond motifs is 1. The van der Waals surface area contributed by atoms with Gasteiger partial charge < -0.3 is 10.1 Å². The largest absolute Gasteiger partial charge is 0.490 e. The second-order valence-electron chi connectivity index (χ2n) is 5.39. The molecule has 0 saturated carbocycles. The summed E-state index contributed by atoms with van der Waals surface area (Å²) in [5.41, 5.74) is 3.22. The predicted molar refractivity (Wildman–Crippen MR) is 87.1 cm³/mol. The van der Waals surface area contributed by atoms with E-state index >= 15 is 0 Å². The lowest BCUT2D eigenvalue weighted by atomic mass is 10.1. The third kappa shape index (κ3) is 3.03. The van der Waals surface area contributed by atoms with E-state index in [2.05, 4.69) is 24.0 Å². The Labute approximate surface area is 130 Å². The first kappa shape index (κ1) is 14.4. The summed E-state index contributed by atoms with van der Waals surface area (Å²) in [6.45, 7) is 4.07. The molecular weight excluding hydrogens is 274 g/mol. The van der Waals surface area contributed by atoms with Crippen LogP contribution in [0.1, 0.15) is 33.9 Å². The zero-order valence-corrected chi connectivity index (χ0v) is 12.4. The van der Waals surface area contributed by atoms with E-state index in [1.807, 2.05) is 12.1 Å². The normalized spacial score (nSPS) is 15.9. The van der Waals surface area contributed by atoms with Gasteiger partial charge >= 0.3 is 0 Å². The number of aryl methyl sites for hydroxylation is 1. The molecule has 1 N–H and O–H groups in total. The minimum atomic E-state index is -0.0445. The van der Waals surface area contributed by atoms with Gasteiger partial charge in [0.1, 0.15) is 12.4 Å². The van der Waals surface area contributed by atoms with Crippen LogP contribution in [-0.4, -0.2) is 12.5 Å². The molecule has 1 aliphatic carbocycles. The summed E-state index contributed by atoms with van der Waals surface area (Å²) < 4.78 is 5.42. The van der Waals surface area contributed by atoms with E-state index < -0.39 is 0 Å². The van der Waals surface area contributed by atoms with Gasteiger partial charge in [0.25, 0.3) is 5.91 Å². The average Bonchev–Trinajstić information content (AvgIpc) is 2.96. The van der Waals surface area contributed by atoms with Gasteiger partial charge in [-0.15, -0.1) is 0 Å². The summed E-state index contributed by atoms with van der Waals surface area (Å²) in [6, 6.07) is 15.6. The fourth-order valence-electron chi connectivity index (χ4n) is 2.81. The van der Waals surface area contributed by atoms with Crippen LogP contribution in [0.15, 0.2) is 61.2 Å². The molecule has 3 rings (SSSR count). The lowest BCUT2D eigenvalue weighted by Gasteiger charge is -2.14. The van der Waals surface area contributed by atoms with Crippen LogP contribution < -0.4 is 10.1 Å². The van der Waals surface area contributed by atoms with Gasteiger partial charge in [-0.3, -0.25) is 4.79 Å². The molecule has 0 unspecified atom stereocenters. The Balaban J connectivity index is 1.66. The predicted octanol–water partition coefficient (Wildman–Crippen LogP) is 3.67. The first-order valence-corrected chi connectivity index (χ1v) is 7.50. The molecule has 112 valence electrons. The van der Waals surface area contributed by atoms with E-state index in [1.54, 1.807) is 30.3 Å². The highest BCUT2D eigenvalue weighted by molar-refractivity contribution is 5.94. The molecule has 0 fully saturated rings. The molecule has 0 bridgehead atoms. The minimum absolute atomic E-state index is 0.0445. The quantitative estimate of drug-likeness (QED) is 0.854. The Morgan fingerprint density at radius 3 is 2.77 bits per heavy atom. The summed E-state index contributed by atoms with van der Waals surface area (Å²) in [6.07, 6.45) is 3.68. The Bertz CT molecular complexity index is 676. The lowest BCUT2D eigenvalue weighted by molar-refractivity contribution is 0.0936. The second kappa shape index (κ2) is 6.48. The van der Waals surface area contributed by atoms with Gasteiger partial charge in [-0.1, -0.05) is 36.9 Å². The SMILES string of the molecule is C=CCOc1ccc(C(=O)N[C@@H]2CCc3ccccc32)cc1. The number of amides is 1. The van der Waals surface area contributed by atoms with Crippen molar-refractivity contribution in [2.24, 2.45) is 0 Å². The monoisotopic (exact) mass is 293 g/mol. The van der Waals surface area contributed by atoms with Crippen molar-refractivity contribution in [2.45, 2.75) is 18.9 Å². The summed E-state index contributed by atoms with van der Waals surface area (Å²) in [5, 5.41) is 3.12. The zero-order chi connectivity index (χ0) is 15.4. The number of nitrogens with one attached hydrogen (secondary N) is 1. The maximum Gasteiger partial charge on any atom is 0.251 e. The number of hydrogen-bond donors (Lipinski definition) is 1. The van der Waals surface area contributed by atoms with Crippen LogP contribution >= 0.6 is 0 Å². The number of ether oxygens (including phenoxy) is 1. The molecule has 0 saturated heterocycles. The maximum atomic E-state index is 12.4. The molecule has 3 nitrogen and oxygen atoms in total. The van der Waals surface area contributed by atoms with Crippen molar-refractivity contribution in [2.75, 3.05) is 6.61 Å². The number of hydrogen-bond acceptors (Lipinski definition) is 2. The molecule has 2 aromatic rings. The van der Waals surface area contributed by atoms with E-state index in [-0.39, 0.29) is 11.9 Å². The van der Waals surface area contributed by atoms with Crippen LogP contribution in [0.3, 0.4) is 0 Å². The third-order valence-electron chi connectivity index (χ3n) is 3.92. The highest BCUT2D eigenvalue weighted by Gasteiger charge is 2.23. The van der Waals surface area contributed by atoms with E-state index in [0.29, 0.717) is 12.2 Å². The molecule has 0 aromatic heterocycles. The number of carbonyl (C=O) groups excluding carboxylic acids is 1. The number of rotatable bonds is 5. The van der Waals surface area contributed by atoms with Crippen LogP contribution in [0.5, 0.6) is 5.75 Å². The second-order valence-corrected chi connectivity index (χ2v) is 5.39. The minimum Gasteiger partial charge on any atom is -0.490 e. The lowest BCUT2D eigenvalue weighted by Crippen LogP contribution is -2.27. The topological polar surface area (TPSA) is 38.3 Å². The van der Waals surface area contributed by atoms with E-state index in [0.717, 1.165) is 18.6 Å². The van der Waals surface area contributed by atoms with Crippen LogP contribution in [0.4, 0.5) is 0 Å². The zero-order valence-electron chi connectivity index (χ0n) is 12.4. The third-order valence-corrected chi connectivity index (χ3v) is 3.92. The number of carbonyl (C=O) groups is 1. The van der Waals surface area contributed by atoms with Crippen molar-refractivity contribution >= 4 is 5.91 Å². The van der Waals surface area contributed by atoms with Gasteiger partial charge in [-0.2, -0.15) is 0 Å². The van der Waals surface area contributed by atoms with Gasteiger partial charge in [-0.25, -0.2) is 0 Å². The summed E-state index contributed by atoms with van der Waals surface area (Å²) in [4.78, 5) is 12.4. The molecule has 0 spiro atoms. The Hall–Kier alpha value is -2.55. The molecule has 1 aliphatic rings. The molecule has 0 aliphatic heterocycles. The Morgan fingerprint density at radius 1 is 1.23 bits per heavy atom. The van der Waals surface area contributed by atoms with Crippen molar-refractivity contribution in [3.05, 3.63) is 77.9 Å². The van der Waals surface area contributed by atoms with Gasteiger partial charge in [0.2, 0.25) is 0 Å². The summed E-state index contributed by atoms with van der Waals surface area (Å²) in [7, 11) is 0. The van der Waals surface area contributed by atoms with Crippen LogP contribution in [0, 0.1) is 0 Å². The molecule has 3 heteroatoms. The molecule has 1 amide bonds. The standard InChI is InChI=1S/C19H19NO2/c1-2-13-22-16-10-7-15(8-11-16)19(21)20-18-12-9-14-5-3-4-6-17(14)18/h2-8,10-11,18H,1,9,12-13H2,(H,20,21)/t18-/m1/s1. The van der Waals surface area contributed by atoms with Crippen LogP contribution in [0.2, 0.25) is 0 Å². The molecule has 0 radical (unpaired) electrons. The fourth-order valence-corrected chi connectivity index (χ4v) is 2.81.